The number of methoxy groups -OCH3 is 1. The minimum Gasteiger partial charge on any atom is -0.497 e. The molecule has 14 heteroatoms. The van der Waals surface area contributed by atoms with Crippen LogP contribution in [0.4, 0.5) is 26.3 Å². The van der Waals surface area contributed by atoms with Crippen molar-refractivity contribution in [3.05, 3.63) is 65.2 Å². The second kappa shape index (κ2) is 13.1. The Morgan fingerprint density at radius 3 is 2.08 bits per heavy atom. The molecular formula is C24H25F6N3O5. The van der Waals surface area contributed by atoms with E-state index in [1.54, 1.807) is 29.2 Å². The Morgan fingerprint density at radius 2 is 1.58 bits per heavy atom. The Labute approximate surface area is 213 Å². The number of halogens is 6. The summed E-state index contributed by atoms with van der Waals surface area (Å²) in [5.74, 6) is -2.87. The fourth-order valence-corrected chi connectivity index (χ4v) is 3.35. The molecule has 2 amide bonds. The van der Waals surface area contributed by atoms with Crippen molar-refractivity contribution in [2.75, 3.05) is 39.8 Å². The maximum absolute atomic E-state index is 13.1. The van der Waals surface area contributed by atoms with Crippen molar-refractivity contribution < 1.29 is 50.6 Å². The summed E-state index contributed by atoms with van der Waals surface area (Å²) in [5, 5.41) is 10.3. The number of nitrogens with zero attached hydrogens (tertiary/aromatic N) is 2. The summed E-state index contributed by atoms with van der Waals surface area (Å²) in [6.07, 6.45) is -9.57. The highest BCUT2D eigenvalue weighted by Gasteiger charge is 2.38. The number of carboxylic acids is 1. The summed E-state index contributed by atoms with van der Waals surface area (Å²) in [7, 11) is 1.53. The molecule has 0 saturated carbocycles. The molecule has 8 nitrogen and oxygen atoms in total. The zero-order valence-electron chi connectivity index (χ0n) is 20.1. The first-order valence-electron chi connectivity index (χ1n) is 11.1. The Balaban J connectivity index is 0.000000638. The largest absolute Gasteiger partial charge is 0.497 e. The number of rotatable bonds is 6. The molecule has 0 unspecified atom stereocenters. The number of alkyl halides is 6. The molecule has 2 aromatic carbocycles. The van der Waals surface area contributed by atoms with E-state index in [1.807, 2.05) is 0 Å². The zero-order valence-corrected chi connectivity index (χ0v) is 20.1. The van der Waals surface area contributed by atoms with Gasteiger partial charge in [-0.15, -0.1) is 0 Å². The molecule has 0 aromatic heterocycles. The van der Waals surface area contributed by atoms with Gasteiger partial charge in [-0.3, -0.25) is 9.59 Å². The third kappa shape index (κ3) is 9.25. The maximum atomic E-state index is 13.1. The van der Waals surface area contributed by atoms with Crippen LogP contribution in [0, 0.1) is 0 Å². The van der Waals surface area contributed by atoms with Crippen molar-refractivity contribution in [1.29, 1.82) is 0 Å². The Hall–Kier alpha value is -3.81. The molecule has 0 bridgehead atoms. The second-order valence-electron chi connectivity index (χ2n) is 8.02. The summed E-state index contributed by atoms with van der Waals surface area (Å²) in [6.45, 7) is 2.38. The molecule has 0 atom stereocenters. The number of amides is 2. The van der Waals surface area contributed by atoms with E-state index in [4.69, 9.17) is 14.6 Å². The molecule has 1 aliphatic rings. The second-order valence-corrected chi connectivity index (χ2v) is 8.02. The van der Waals surface area contributed by atoms with Crippen LogP contribution in [0.1, 0.15) is 21.5 Å². The number of carbonyl (C=O) groups excluding carboxylic acids is 2. The van der Waals surface area contributed by atoms with Gasteiger partial charge in [0.2, 0.25) is 5.91 Å². The van der Waals surface area contributed by atoms with Gasteiger partial charge in [0.25, 0.3) is 5.91 Å². The van der Waals surface area contributed by atoms with E-state index in [9.17, 15) is 35.9 Å². The molecule has 38 heavy (non-hydrogen) atoms. The van der Waals surface area contributed by atoms with E-state index < -0.39 is 29.8 Å². The molecule has 1 fully saturated rings. The van der Waals surface area contributed by atoms with E-state index >= 15 is 0 Å². The van der Waals surface area contributed by atoms with Crippen molar-refractivity contribution in [3.8, 4) is 5.75 Å². The first-order chi connectivity index (χ1) is 17.7. The Morgan fingerprint density at radius 1 is 1.00 bits per heavy atom. The first kappa shape index (κ1) is 30.4. The number of nitrogens with one attached hydrogen (secondary N) is 1. The normalized spacial score (nSPS) is 13.7. The Bertz CT molecular complexity index is 1100. The van der Waals surface area contributed by atoms with E-state index in [0.717, 1.165) is 29.8 Å². The molecule has 208 valence electrons. The minimum atomic E-state index is -5.08. The maximum Gasteiger partial charge on any atom is 0.490 e. The molecule has 3 rings (SSSR count). The average molecular weight is 549 g/mol. The molecule has 0 aliphatic carbocycles. The van der Waals surface area contributed by atoms with Gasteiger partial charge in [0.1, 0.15) is 12.3 Å². The third-order valence-corrected chi connectivity index (χ3v) is 5.29. The van der Waals surface area contributed by atoms with Crippen molar-refractivity contribution >= 4 is 17.8 Å². The minimum absolute atomic E-state index is 0.0870. The van der Waals surface area contributed by atoms with E-state index in [1.165, 1.54) is 12.0 Å². The van der Waals surface area contributed by atoms with Crippen LogP contribution < -0.4 is 10.1 Å². The third-order valence-electron chi connectivity index (χ3n) is 5.29. The van der Waals surface area contributed by atoms with Crippen LogP contribution in [0.5, 0.6) is 5.75 Å². The molecule has 0 radical (unpaired) electrons. The van der Waals surface area contributed by atoms with Crippen LogP contribution >= 0.6 is 0 Å². The van der Waals surface area contributed by atoms with Crippen LogP contribution in [0.15, 0.2) is 48.5 Å². The number of hydrogen-bond acceptors (Lipinski definition) is 5. The van der Waals surface area contributed by atoms with Gasteiger partial charge in [0.15, 0.2) is 0 Å². The van der Waals surface area contributed by atoms with Crippen LogP contribution in [0.3, 0.4) is 0 Å². The van der Waals surface area contributed by atoms with Gasteiger partial charge >= 0.3 is 18.3 Å². The summed E-state index contributed by atoms with van der Waals surface area (Å²) >= 11 is 0. The number of benzene rings is 2. The molecule has 2 N–H and O–H groups in total. The molecule has 1 aliphatic heterocycles. The van der Waals surface area contributed by atoms with Gasteiger partial charge in [0, 0.05) is 38.3 Å². The number of aliphatic carboxylic acids is 1. The number of piperazine rings is 1. The number of hydrogen-bond donors (Lipinski definition) is 2. The van der Waals surface area contributed by atoms with Gasteiger partial charge in [-0.05, 0) is 42.0 Å². The summed E-state index contributed by atoms with van der Waals surface area (Å²) < 4.78 is 75.5. The predicted molar refractivity (Wildman–Crippen MR) is 122 cm³/mol. The fourth-order valence-electron chi connectivity index (χ4n) is 3.35. The van der Waals surface area contributed by atoms with Crippen LogP contribution in [-0.2, 0) is 22.3 Å². The van der Waals surface area contributed by atoms with Gasteiger partial charge in [0.05, 0.1) is 12.7 Å². The highest BCUT2D eigenvalue weighted by Crippen LogP contribution is 2.29. The molecule has 1 saturated heterocycles. The highest BCUT2D eigenvalue weighted by atomic mass is 19.4. The van der Waals surface area contributed by atoms with E-state index in [2.05, 4.69) is 5.32 Å². The first-order valence-corrected chi connectivity index (χ1v) is 11.1. The standard InChI is InChI=1S/C22H24F3N3O3.C2HF3O2/c1-31-19-4-2-3-16(13-19)14-28(15-20(29)27-11-9-26-10-12-27)21(30)17-5-7-18(8-6-17)22(23,24)25;3-2(4,5)1(6)7/h2-8,13,26H,9-12,14-15H2,1H3;(H,6,7). The quantitative estimate of drug-likeness (QED) is 0.536. The zero-order chi connectivity index (χ0) is 28.5. The number of carbonyl (C=O) groups is 3. The Kier molecular flexibility index (Phi) is 10.5. The molecule has 2 aromatic rings. The van der Waals surface area contributed by atoms with E-state index in [0.29, 0.717) is 31.9 Å². The van der Waals surface area contributed by atoms with Crippen molar-refractivity contribution in [2.45, 2.75) is 18.9 Å². The van der Waals surface area contributed by atoms with Crippen molar-refractivity contribution in [3.63, 3.8) is 0 Å². The summed E-state index contributed by atoms with van der Waals surface area (Å²) in [4.78, 5) is 37.8. The van der Waals surface area contributed by atoms with E-state index in [-0.39, 0.29) is 24.6 Å². The lowest BCUT2D eigenvalue weighted by Crippen LogP contribution is -2.50. The predicted octanol–water partition coefficient (Wildman–Crippen LogP) is 3.42. The summed E-state index contributed by atoms with van der Waals surface area (Å²) in [6, 6.07) is 11.1. The lowest BCUT2D eigenvalue weighted by atomic mass is 10.1. The lowest BCUT2D eigenvalue weighted by Gasteiger charge is -2.30. The number of carboxylic acid groups (broad SMARTS) is 1. The monoisotopic (exact) mass is 549 g/mol. The molecule has 0 spiro atoms. The van der Waals surface area contributed by atoms with Gasteiger partial charge < -0.3 is 25.0 Å². The number of ether oxygens (including phenoxy) is 1. The van der Waals surface area contributed by atoms with Crippen molar-refractivity contribution in [1.82, 2.24) is 15.1 Å². The van der Waals surface area contributed by atoms with Crippen LogP contribution in [0.25, 0.3) is 0 Å². The molecular weight excluding hydrogens is 524 g/mol. The van der Waals surface area contributed by atoms with Gasteiger partial charge in [-0.25, -0.2) is 4.79 Å². The average Bonchev–Trinajstić information content (AvgIpc) is 2.88. The van der Waals surface area contributed by atoms with Crippen LogP contribution in [0.2, 0.25) is 0 Å². The van der Waals surface area contributed by atoms with Gasteiger partial charge in [-0.2, -0.15) is 26.3 Å². The smallest absolute Gasteiger partial charge is 0.490 e. The van der Waals surface area contributed by atoms with Gasteiger partial charge in [-0.1, -0.05) is 12.1 Å². The van der Waals surface area contributed by atoms with Crippen LogP contribution in [-0.4, -0.2) is 78.7 Å². The van der Waals surface area contributed by atoms with Crippen molar-refractivity contribution in [2.24, 2.45) is 0 Å². The topological polar surface area (TPSA) is 99.2 Å². The molecule has 1 heterocycles. The lowest BCUT2D eigenvalue weighted by molar-refractivity contribution is -0.192. The fraction of sp³-hybridized carbons (Fsp3) is 0.375. The highest BCUT2D eigenvalue weighted by molar-refractivity contribution is 5.96. The SMILES string of the molecule is COc1cccc(CN(CC(=O)N2CCNCC2)C(=O)c2ccc(C(F)(F)F)cc2)c1.O=C(O)C(F)(F)F. The summed E-state index contributed by atoms with van der Waals surface area (Å²) in [5.41, 5.74) is -0.00276.